The van der Waals surface area contributed by atoms with Crippen molar-refractivity contribution in [3.63, 3.8) is 0 Å². The van der Waals surface area contributed by atoms with Gasteiger partial charge >= 0.3 is 12.6 Å². The first-order valence-electron chi connectivity index (χ1n) is 5.41. The van der Waals surface area contributed by atoms with Crippen LogP contribution in [0, 0.1) is 11.3 Å². The van der Waals surface area contributed by atoms with E-state index in [0.717, 1.165) is 6.08 Å². The Hall–Kier alpha value is -2.42. The van der Waals surface area contributed by atoms with E-state index in [1.54, 1.807) is 19.1 Å². The summed E-state index contributed by atoms with van der Waals surface area (Å²) < 4.78 is 33.4. The molecule has 19 heavy (non-hydrogen) atoms. The highest BCUT2D eigenvalue weighted by molar-refractivity contribution is 5.98. The van der Waals surface area contributed by atoms with Crippen LogP contribution in [0.4, 0.5) is 8.78 Å². The Kier molecular flexibility index (Phi) is 5.48. The lowest BCUT2D eigenvalue weighted by atomic mass is 10.1. The van der Waals surface area contributed by atoms with Gasteiger partial charge in [-0.15, -0.1) is 0 Å². The third kappa shape index (κ3) is 4.39. The number of para-hydroxylation sites is 1. The van der Waals surface area contributed by atoms with Crippen molar-refractivity contribution in [3.8, 4) is 11.8 Å². The molecule has 0 bridgehead atoms. The van der Waals surface area contributed by atoms with Crippen LogP contribution in [0.5, 0.6) is 5.75 Å². The van der Waals surface area contributed by atoms with Crippen LogP contribution in [0.25, 0.3) is 6.08 Å². The molecule has 0 aliphatic heterocycles. The molecule has 6 heteroatoms. The van der Waals surface area contributed by atoms with Crippen LogP contribution >= 0.6 is 0 Å². The smallest absolute Gasteiger partial charge is 0.387 e. The second kappa shape index (κ2) is 7.11. The lowest BCUT2D eigenvalue weighted by molar-refractivity contribution is -0.137. The lowest BCUT2D eigenvalue weighted by Crippen LogP contribution is -2.07. The molecule has 0 aliphatic carbocycles. The zero-order valence-corrected chi connectivity index (χ0v) is 10.1. The lowest BCUT2D eigenvalue weighted by Gasteiger charge is -2.07. The minimum absolute atomic E-state index is 0.116. The fraction of sp³-hybridized carbons (Fsp3) is 0.231. The number of carbonyl (C=O) groups excluding carboxylic acids is 1. The molecule has 0 heterocycles. The van der Waals surface area contributed by atoms with Crippen LogP contribution in [0.15, 0.2) is 29.8 Å². The van der Waals surface area contributed by atoms with Crippen molar-refractivity contribution in [3.05, 3.63) is 35.4 Å². The second-order valence-corrected chi connectivity index (χ2v) is 3.31. The second-order valence-electron chi connectivity index (χ2n) is 3.31. The number of alkyl halides is 2. The maximum atomic E-state index is 12.2. The molecule has 0 saturated carbocycles. The summed E-state index contributed by atoms with van der Waals surface area (Å²) >= 11 is 0. The predicted molar refractivity (Wildman–Crippen MR) is 63.3 cm³/mol. The number of esters is 1. The Morgan fingerprint density at radius 1 is 1.47 bits per heavy atom. The number of halogens is 2. The first kappa shape index (κ1) is 14.6. The highest BCUT2D eigenvalue weighted by Gasteiger charge is 2.13. The molecule has 1 rings (SSSR count). The predicted octanol–water partition coefficient (Wildman–Crippen LogP) is 2.76. The molecular formula is C13H11F2NO3. The number of nitrogens with zero attached hydrogens (tertiary/aromatic N) is 1. The molecule has 0 aliphatic rings. The number of carbonyl (C=O) groups is 1. The van der Waals surface area contributed by atoms with Gasteiger partial charge in [0, 0.05) is 5.56 Å². The Morgan fingerprint density at radius 3 is 2.74 bits per heavy atom. The van der Waals surface area contributed by atoms with Gasteiger partial charge in [0.1, 0.15) is 17.4 Å². The van der Waals surface area contributed by atoms with Crippen molar-refractivity contribution in [2.45, 2.75) is 13.5 Å². The summed E-state index contributed by atoms with van der Waals surface area (Å²) in [6.45, 7) is -1.27. The highest BCUT2D eigenvalue weighted by Crippen LogP contribution is 2.23. The third-order valence-electron chi connectivity index (χ3n) is 2.05. The molecule has 0 aromatic heterocycles. The third-order valence-corrected chi connectivity index (χ3v) is 2.05. The molecule has 0 N–H and O–H groups in total. The summed E-state index contributed by atoms with van der Waals surface area (Å²) in [6, 6.07) is 7.51. The minimum atomic E-state index is -2.98. The van der Waals surface area contributed by atoms with Crippen molar-refractivity contribution in [1.29, 1.82) is 5.26 Å². The van der Waals surface area contributed by atoms with Gasteiger partial charge in [0.25, 0.3) is 0 Å². The normalized spacial score (nSPS) is 11.0. The summed E-state index contributed by atoms with van der Waals surface area (Å²) in [4.78, 5) is 11.4. The molecule has 0 amide bonds. The Balaban J connectivity index is 3.08. The van der Waals surface area contributed by atoms with Gasteiger partial charge in [0.15, 0.2) is 0 Å². The quantitative estimate of drug-likeness (QED) is 0.467. The van der Waals surface area contributed by atoms with Crippen molar-refractivity contribution >= 4 is 12.0 Å². The molecule has 0 fully saturated rings. The van der Waals surface area contributed by atoms with E-state index in [9.17, 15) is 13.6 Å². The highest BCUT2D eigenvalue weighted by atomic mass is 19.3. The maximum absolute atomic E-state index is 12.2. The van der Waals surface area contributed by atoms with Crippen LogP contribution in [0.2, 0.25) is 0 Å². The van der Waals surface area contributed by atoms with Gasteiger partial charge in [0.2, 0.25) is 0 Å². The number of hydrogen-bond donors (Lipinski definition) is 0. The first-order valence-corrected chi connectivity index (χ1v) is 5.41. The molecule has 0 spiro atoms. The summed E-state index contributed by atoms with van der Waals surface area (Å²) in [5.41, 5.74) is -0.0837. The molecule has 0 saturated heterocycles. The minimum Gasteiger partial charge on any atom is -0.462 e. The SMILES string of the molecule is CCOC(=O)C(C#N)=Cc1ccccc1OC(F)F. The molecule has 1 aromatic rings. The molecule has 1 aromatic carbocycles. The van der Waals surface area contributed by atoms with E-state index in [1.165, 1.54) is 18.2 Å². The van der Waals surface area contributed by atoms with Gasteiger partial charge in [-0.2, -0.15) is 14.0 Å². The average molecular weight is 267 g/mol. The summed E-state index contributed by atoms with van der Waals surface area (Å²) in [5.74, 6) is -0.925. The summed E-state index contributed by atoms with van der Waals surface area (Å²) in [7, 11) is 0. The van der Waals surface area contributed by atoms with E-state index in [0.29, 0.717) is 0 Å². The van der Waals surface area contributed by atoms with E-state index < -0.39 is 12.6 Å². The number of ether oxygens (including phenoxy) is 2. The fourth-order valence-electron chi connectivity index (χ4n) is 1.30. The topological polar surface area (TPSA) is 59.3 Å². The molecule has 0 atom stereocenters. The maximum Gasteiger partial charge on any atom is 0.387 e. The van der Waals surface area contributed by atoms with Crippen LogP contribution in [-0.4, -0.2) is 19.2 Å². The molecule has 0 radical (unpaired) electrons. The zero-order valence-electron chi connectivity index (χ0n) is 10.1. The largest absolute Gasteiger partial charge is 0.462 e. The van der Waals surface area contributed by atoms with Crippen LogP contribution < -0.4 is 4.74 Å². The van der Waals surface area contributed by atoms with E-state index in [1.807, 2.05) is 0 Å². The van der Waals surface area contributed by atoms with E-state index >= 15 is 0 Å². The number of nitriles is 1. The van der Waals surface area contributed by atoms with Crippen LogP contribution in [0.3, 0.4) is 0 Å². The standard InChI is InChI=1S/C13H11F2NO3/c1-2-18-12(17)10(8-16)7-9-5-3-4-6-11(9)19-13(14)15/h3-7,13H,2H2,1H3. The number of rotatable bonds is 5. The summed E-state index contributed by atoms with van der Waals surface area (Å²) in [6.07, 6.45) is 1.15. The van der Waals surface area contributed by atoms with Gasteiger partial charge in [-0.1, -0.05) is 18.2 Å². The number of benzene rings is 1. The number of hydrogen-bond acceptors (Lipinski definition) is 4. The van der Waals surface area contributed by atoms with Gasteiger partial charge in [-0.05, 0) is 19.1 Å². The van der Waals surface area contributed by atoms with Gasteiger partial charge in [-0.3, -0.25) is 0 Å². The van der Waals surface area contributed by atoms with Crippen molar-refractivity contribution in [2.24, 2.45) is 0 Å². The Morgan fingerprint density at radius 2 is 2.16 bits per heavy atom. The molecule has 0 unspecified atom stereocenters. The molecule has 4 nitrogen and oxygen atoms in total. The molecule has 100 valence electrons. The van der Waals surface area contributed by atoms with Crippen LogP contribution in [0.1, 0.15) is 12.5 Å². The van der Waals surface area contributed by atoms with E-state index in [2.05, 4.69) is 9.47 Å². The Labute approximate surface area is 108 Å². The molecular weight excluding hydrogens is 256 g/mol. The van der Waals surface area contributed by atoms with Gasteiger partial charge in [-0.25, -0.2) is 4.79 Å². The Bertz CT molecular complexity index is 521. The van der Waals surface area contributed by atoms with Crippen LogP contribution in [-0.2, 0) is 9.53 Å². The van der Waals surface area contributed by atoms with Crippen molar-refractivity contribution in [2.75, 3.05) is 6.61 Å². The van der Waals surface area contributed by atoms with Crippen molar-refractivity contribution < 1.29 is 23.0 Å². The van der Waals surface area contributed by atoms with Crippen molar-refractivity contribution in [1.82, 2.24) is 0 Å². The first-order chi connectivity index (χ1) is 9.08. The summed E-state index contributed by atoms with van der Waals surface area (Å²) in [5, 5.41) is 8.85. The zero-order chi connectivity index (χ0) is 14.3. The average Bonchev–Trinajstić information content (AvgIpc) is 2.37. The van der Waals surface area contributed by atoms with E-state index in [-0.39, 0.29) is 23.5 Å². The van der Waals surface area contributed by atoms with Gasteiger partial charge < -0.3 is 9.47 Å². The van der Waals surface area contributed by atoms with Gasteiger partial charge in [0.05, 0.1) is 6.61 Å². The fourth-order valence-corrected chi connectivity index (χ4v) is 1.30. The monoisotopic (exact) mass is 267 g/mol. The van der Waals surface area contributed by atoms with E-state index in [4.69, 9.17) is 5.26 Å².